The third-order valence-corrected chi connectivity index (χ3v) is 10.1. The van der Waals surface area contributed by atoms with Gasteiger partial charge in [-0.05, 0) is 113 Å². The summed E-state index contributed by atoms with van der Waals surface area (Å²) in [6.45, 7) is 28.1. The molecule has 0 heterocycles. The molecule has 0 saturated heterocycles. The Kier molecular flexibility index (Phi) is 10.8. The highest BCUT2D eigenvalue weighted by Crippen LogP contribution is 2.54. The first-order valence-corrected chi connectivity index (χ1v) is 18.5. The minimum Gasteiger partial charge on any atom is -0.0622 e. The molecule has 5 aromatic rings. The van der Waals surface area contributed by atoms with Crippen molar-refractivity contribution in [2.75, 3.05) is 0 Å². The predicted octanol–water partition coefficient (Wildman–Crippen LogP) is 15.1. The molecule has 0 atom stereocenters. The Bertz CT molecular complexity index is 1840. The van der Waals surface area contributed by atoms with Gasteiger partial charge in [0.15, 0.2) is 0 Å². The first-order valence-electron chi connectivity index (χ1n) is 18.5. The normalized spacial score (nSPS) is 12.0. The number of benzene rings is 5. The third kappa shape index (κ3) is 6.96. The fourth-order valence-electron chi connectivity index (χ4n) is 7.46. The molecule has 0 aliphatic heterocycles. The van der Waals surface area contributed by atoms with Crippen LogP contribution in [0.5, 0.6) is 0 Å². The number of hydrogen-bond acceptors (Lipinski definition) is 0. The Morgan fingerprint density at radius 3 is 1.31 bits per heavy atom. The Hall–Kier alpha value is -3.90. The maximum absolute atomic E-state index is 2.50. The van der Waals surface area contributed by atoms with Crippen LogP contribution in [0.2, 0.25) is 0 Å². The molecule has 0 nitrogen and oxygen atoms in total. The smallest absolute Gasteiger partial charge is 0.00583 e. The van der Waals surface area contributed by atoms with Crippen LogP contribution in [0.3, 0.4) is 0 Å². The van der Waals surface area contributed by atoms with Crippen LogP contribution in [0.25, 0.3) is 44.5 Å². The molecule has 0 heteroatoms. The van der Waals surface area contributed by atoms with E-state index in [-0.39, 0.29) is 0 Å². The fraction of sp³-hybridized carbons (Fsp3) is 0.375. The third-order valence-electron chi connectivity index (χ3n) is 10.1. The largest absolute Gasteiger partial charge is 0.0622 e. The Morgan fingerprint density at radius 1 is 0.312 bits per heavy atom. The summed E-state index contributed by atoms with van der Waals surface area (Å²) >= 11 is 0. The minimum atomic E-state index is 0.292. The summed E-state index contributed by atoms with van der Waals surface area (Å²) in [6.07, 6.45) is 0. The molecule has 0 spiro atoms. The summed E-state index contributed by atoms with van der Waals surface area (Å²) in [7, 11) is 0. The van der Waals surface area contributed by atoms with Gasteiger partial charge < -0.3 is 0 Å². The second-order valence-electron chi connectivity index (χ2n) is 15.7. The van der Waals surface area contributed by atoms with Gasteiger partial charge in [0.1, 0.15) is 0 Å². The van der Waals surface area contributed by atoms with E-state index in [2.05, 4.69) is 180 Å². The van der Waals surface area contributed by atoms with Crippen LogP contribution < -0.4 is 0 Å². The summed E-state index contributed by atoms with van der Waals surface area (Å²) in [5.41, 5.74) is 19.4. The second-order valence-corrected chi connectivity index (χ2v) is 15.7. The van der Waals surface area contributed by atoms with E-state index < -0.39 is 0 Å². The molecule has 48 heavy (non-hydrogen) atoms. The van der Waals surface area contributed by atoms with Gasteiger partial charge in [-0.3, -0.25) is 0 Å². The van der Waals surface area contributed by atoms with Crippen LogP contribution in [0.1, 0.15) is 152 Å². The highest BCUT2D eigenvalue weighted by Gasteiger charge is 2.31. The monoisotopic (exact) mass is 634 g/mol. The van der Waals surface area contributed by atoms with Crippen LogP contribution in [0.4, 0.5) is 0 Å². The Labute approximate surface area is 292 Å². The maximum atomic E-state index is 2.50. The standard InChI is InChI=1S/C48H58/c1-29(2)35-21-23-37(24-22-35)45-44(34(11)12)48(41-26-25-39(31(5)6)28-42(41)32(7)8)46(36-17-14-13-15-18-36)43(33(9)10)47(45)40-20-16-19-38(27-40)30(3)4/h13-34H,1-12H3. The topological polar surface area (TPSA) is 0 Å². The molecule has 250 valence electrons. The van der Waals surface area contributed by atoms with Crippen LogP contribution >= 0.6 is 0 Å². The van der Waals surface area contributed by atoms with Gasteiger partial charge in [-0.2, -0.15) is 0 Å². The lowest BCUT2D eigenvalue weighted by molar-refractivity contribution is 0.831. The summed E-state index contributed by atoms with van der Waals surface area (Å²) in [5, 5.41) is 0. The zero-order valence-electron chi connectivity index (χ0n) is 31.7. The van der Waals surface area contributed by atoms with E-state index in [4.69, 9.17) is 0 Å². The van der Waals surface area contributed by atoms with Crippen LogP contribution in [0, 0.1) is 0 Å². The highest BCUT2D eigenvalue weighted by molar-refractivity contribution is 6.02. The average Bonchev–Trinajstić information content (AvgIpc) is 3.06. The van der Waals surface area contributed by atoms with E-state index in [0.29, 0.717) is 35.5 Å². The van der Waals surface area contributed by atoms with E-state index in [1.807, 2.05) is 0 Å². The van der Waals surface area contributed by atoms with Gasteiger partial charge >= 0.3 is 0 Å². The molecule has 5 rings (SSSR count). The summed E-state index contributed by atoms with van der Waals surface area (Å²) in [5.74, 6) is 2.39. The molecular formula is C48H58. The van der Waals surface area contributed by atoms with Gasteiger partial charge in [0, 0.05) is 0 Å². The second kappa shape index (κ2) is 14.7. The van der Waals surface area contributed by atoms with Gasteiger partial charge in [-0.25, -0.2) is 0 Å². The van der Waals surface area contributed by atoms with Gasteiger partial charge in [0.05, 0.1) is 0 Å². The predicted molar refractivity (Wildman–Crippen MR) is 213 cm³/mol. The van der Waals surface area contributed by atoms with Crippen molar-refractivity contribution in [3.8, 4) is 44.5 Å². The van der Waals surface area contributed by atoms with E-state index in [1.54, 1.807) is 0 Å². The average molecular weight is 635 g/mol. The quantitative estimate of drug-likeness (QED) is 0.143. The molecule has 0 aromatic heterocycles. The fourth-order valence-corrected chi connectivity index (χ4v) is 7.46. The molecule has 0 saturated carbocycles. The molecule has 0 bridgehead atoms. The first-order chi connectivity index (χ1) is 22.8. The van der Waals surface area contributed by atoms with Gasteiger partial charge in [-0.15, -0.1) is 0 Å². The Balaban J connectivity index is 2.11. The van der Waals surface area contributed by atoms with Crippen LogP contribution in [0.15, 0.2) is 97.1 Å². The highest BCUT2D eigenvalue weighted by atomic mass is 14.3. The van der Waals surface area contributed by atoms with Crippen molar-refractivity contribution < 1.29 is 0 Å². The number of rotatable bonds is 10. The van der Waals surface area contributed by atoms with Gasteiger partial charge in [0.2, 0.25) is 0 Å². The Morgan fingerprint density at radius 2 is 0.771 bits per heavy atom. The molecule has 0 N–H and O–H groups in total. The van der Waals surface area contributed by atoms with Crippen molar-refractivity contribution in [3.63, 3.8) is 0 Å². The van der Waals surface area contributed by atoms with Gasteiger partial charge in [0.25, 0.3) is 0 Å². The van der Waals surface area contributed by atoms with E-state index in [0.717, 1.165) is 0 Å². The lowest BCUT2D eigenvalue weighted by Gasteiger charge is -2.32. The van der Waals surface area contributed by atoms with Crippen molar-refractivity contribution in [2.24, 2.45) is 0 Å². The number of hydrogen-bond donors (Lipinski definition) is 0. The van der Waals surface area contributed by atoms with Crippen molar-refractivity contribution in [3.05, 3.63) is 130 Å². The van der Waals surface area contributed by atoms with E-state index in [1.165, 1.54) is 77.9 Å². The summed E-state index contributed by atoms with van der Waals surface area (Å²) < 4.78 is 0. The minimum absolute atomic E-state index is 0.292. The molecule has 0 radical (unpaired) electrons. The molecular weight excluding hydrogens is 577 g/mol. The molecule has 0 amide bonds. The molecule has 5 aromatic carbocycles. The van der Waals surface area contributed by atoms with Crippen molar-refractivity contribution in [2.45, 2.75) is 119 Å². The lowest BCUT2D eigenvalue weighted by atomic mass is 9.71. The first kappa shape index (κ1) is 35.4. The van der Waals surface area contributed by atoms with E-state index in [9.17, 15) is 0 Å². The van der Waals surface area contributed by atoms with E-state index >= 15 is 0 Å². The van der Waals surface area contributed by atoms with Gasteiger partial charge in [-0.1, -0.05) is 180 Å². The zero-order chi connectivity index (χ0) is 34.9. The lowest BCUT2D eigenvalue weighted by Crippen LogP contribution is -2.10. The summed E-state index contributed by atoms with van der Waals surface area (Å²) in [4.78, 5) is 0. The van der Waals surface area contributed by atoms with Crippen molar-refractivity contribution >= 4 is 0 Å². The molecule has 0 unspecified atom stereocenters. The maximum Gasteiger partial charge on any atom is -0.00583 e. The SMILES string of the molecule is CC(C)c1ccc(-c2c(-c3cccc(C(C)C)c3)c(C(C)C)c(-c3ccccc3)c(-c3ccc(C(C)C)cc3C(C)C)c2C(C)C)cc1. The zero-order valence-corrected chi connectivity index (χ0v) is 31.7. The molecule has 0 aliphatic rings. The summed E-state index contributed by atoms with van der Waals surface area (Å²) in [6, 6.07) is 37.5. The van der Waals surface area contributed by atoms with Crippen molar-refractivity contribution in [1.82, 2.24) is 0 Å². The molecule has 0 aliphatic carbocycles. The van der Waals surface area contributed by atoms with Crippen LogP contribution in [-0.4, -0.2) is 0 Å². The molecule has 0 fully saturated rings. The van der Waals surface area contributed by atoms with Crippen molar-refractivity contribution in [1.29, 1.82) is 0 Å². The van der Waals surface area contributed by atoms with Crippen LogP contribution in [-0.2, 0) is 0 Å².